The Labute approximate surface area is 151 Å². The average molecular weight is 346 g/mol. The molecule has 0 saturated heterocycles. The lowest BCUT2D eigenvalue weighted by Crippen LogP contribution is -2.27. The van der Waals surface area contributed by atoms with Gasteiger partial charge in [-0.25, -0.2) is 5.48 Å². The van der Waals surface area contributed by atoms with Crippen LogP contribution in [0.2, 0.25) is 0 Å². The van der Waals surface area contributed by atoms with E-state index < -0.39 is 0 Å². The van der Waals surface area contributed by atoms with Gasteiger partial charge in [-0.2, -0.15) is 5.26 Å². The highest BCUT2D eigenvalue weighted by molar-refractivity contribution is 5.89. The number of nitrogens with zero attached hydrogens (tertiary/aromatic N) is 1. The summed E-state index contributed by atoms with van der Waals surface area (Å²) in [5, 5.41) is 10.9. The number of fused-ring (bicyclic) bond motifs is 1. The summed E-state index contributed by atoms with van der Waals surface area (Å²) in [7, 11) is 0. The molecule has 5 heteroatoms. The van der Waals surface area contributed by atoms with Crippen LogP contribution >= 0.6 is 0 Å². The van der Waals surface area contributed by atoms with Crippen molar-refractivity contribution in [1.29, 1.82) is 5.26 Å². The fraction of sp³-hybridized carbons (Fsp3) is 0.143. The number of hydrogen-bond donors (Lipinski definition) is 1. The summed E-state index contributed by atoms with van der Waals surface area (Å²) in [4.78, 5) is 17.2. The summed E-state index contributed by atoms with van der Waals surface area (Å²) in [5.41, 5.74) is 3.97. The maximum Gasteiger partial charge on any atom is 0.247 e. The van der Waals surface area contributed by atoms with E-state index in [1.54, 1.807) is 24.3 Å². The minimum atomic E-state index is -0.209. The Morgan fingerprint density at radius 1 is 0.962 bits per heavy atom. The number of nitriles is 1. The second-order valence-corrected chi connectivity index (χ2v) is 5.67. The minimum Gasteiger partial charge on any atom is -0.491 e. The van der Waals surface area contributed by atoms with Crippen LogP contribution < -0.4 is 10.2 Å². The molecule has 1 N–H and O–H groups in total. The summed E-state index contributed by atoms with van der Waals surface area (Å²) in [6, 6.07) is 22.7. The van der Waals surface area contributed by atoms with Crippen LogP contribution in [-0.2, 0) is 16.1 Å². The quantitative estimate of drug-likeness (QED) is 0.526. The molecule has 5 nitrogen and oxygen atoms in total. The van der Waals surface area contributed by atoms with Crippen molar-refractivity contribution in [1.82, 2.24) is 5.48 Å². The maximum absolute atomic E-state index is 12.1. The van der Waals surface area contributed by atoms with Gasteiger partial charge in [0, 0.05) is 0 Å². The van der Waals surface area contributed by atoms with Crippen molar-refractivity contribution in [2.75, 3.05) is 13.2 Å². The van der Waals surface area contributed by atoms with Crippen molar-refractivity contribution in [2.24, 2.45) is 0 Å². The molecule has 3 rings (SSSR count). The lowest BCUT2D eigenvalue weighted by molar-refractivity contribution is -0.133. The first-order valence-electron chi connectivity index (χ1n) is 8.26. The average Bonchev–Trinajstić information content (AvgIpc) is 2.68. The van der Waals surface area contributed by atoms with Crippen molar-refractivity contribution in [3.8, 4) is 11.8 Å². The van der Waals surface area contributed by atoms with Gasteiger partial charge in [0.2, 0.25) is 5.91 Å². The Hall–Kier alpha value is -3.36. The molecule has 130 valence electrons. The van der Waals surface area contributed by atoms with Gasteiger partial charge in [0.05, 0.1) is 18.1 Å². The second-order valence-electron chi connectivity index (χ2n) is 5.67. The number of benzene rings is 3. The maximum atomic E-state index is 12.1. The predicted octanol–water partition coefficient (Wildman–Crippen LogP) is 3.38. The lowest BCUT2D eigenvalue weighted by atomic mass is 10.0. The molecule has 0 spiro atoms. The van der Waals surface area contributed by atoms with E-state index >= 15 is 0 Å². The smallest absolute Gasteiger partial charge is 0.247 e. The zero-order chi connectivity index (χ0) is 18.2. The van der Waals surface area contributed by atoms with Gasteiger partial charge >= 0.3 is 0 Å². The van der Waals surface area contributed by atoms with Crippen LogP contribution in [0.3, 0.4) is 0 Å². The third kappa shape index (κ3) is 4.59. The molecule has 0 aromatic heterocycles. The molecule has 0 aliphatic carbocycles. The molecule has 0 fully saturated rings. The first-order valence-corrected chi connectivity index (χ1v) is 8.26. The van der Waals surface area contributed by atoms with E-state index in [0.29, 0.717) is 17.9 Å². The van der Waals surface area contributed by atoms with E-state index in [1.807, 2.05) is 48.5 Å². The van der Waals surface area contributed by atoms with Crippen molar-refractivity contribution in [3.63, 3.8) is 0 Å². The third-order valence-corrected chi connectivity index (χ3v) is 3.85. The monoisotopic (exact) mass is 346 g/mol. The van der Waals surface area contributed by atoms with Crippen LogP contribution in [0.15, 0.2) is 66.7 Å². The van der Waals surface area contributed by atoms with Gasteiger partial charge in [-0.05, 0) is 40.6 Å². The molecule has 0 unspecified atom stereocenters. The van der Waals surface area contributed by atoms with Gasteiger partial charge in [-0.3, -0.25) is 9.63 Å². The van der Waals surface area contributed by atoms with Gasteiger partial charge in [0.25, 0.3) is 0 Å². The van der Waals surface area contributed by atoms with E-state index in [4.69, 9.17) is 14.8 Å². The Morgan fingerprint density at radius 2 is 1.73 bits per heavy atom. The highest BCUT2D eigenvalue weighted by Crippen LogP contribution is 2.18. The Morgan fingerprint density at radius 3 is 2.54 bits per heavy atom. The van der Waals surface area contributed by atoms with E-state index in [1.165, 1.54) is 0 Å². The molecule has 1 amide bonds. The first-order chi connectivity index (χ1) is 12.8. The van der Waals surface area contributed by atoms with Crippen LogP contribution in [-0.4, -0.2) is 19.1 Å². The molecule has 0 bridgehead atoms. The zero-order valence-corrected chi connectivity index (χ0v) is 14.1. The number of hydroxylamine groups is 1. The van der Waals surface area contributed by atoms with E-state index in [0.717, 1.165) is 16.3 Å². The molecule has 26 heavy (non-hydrogen) atoms. The Balaban J connectivity index is 1.42. The van der Waals surface area contributed by atoms with Crippen LogP contribution in [0.5, 0.6) is 5.75 Å². The van der Waals surface area contributed by atoms with Gasteiger partial charge < -0.3 is 4.74 Å². The number of nitrogens with one attached hydrogen (secondary N) is 1. The lowest BCUT2D eigenvalue weighted by Gasteiger charge is -2.09. The van der Waals surface area contributed by atoms with Gasteiger partial charge in [-0.1, -0.05) is 42.5 Å². The zero-order valence-electron chi connectivity index (χ0n) is 14.1. The normalized spacial score (nSPS) is 10.3. The largest absolute Gasteiger partial charge is 0.491 e. The number of amides is 1. The molecule has 0 atom stereocenters. The van der Waals surface area contributed by atoms with Gasteiger partial charge in [0.1, 0.15) is 19.0 Å². The standard InChI is InChI=1S/C21H18N2O3/c22-15-16-8-10-19(11-9-16)25-12-13-26-23-21(24)14-18-6-3-5-17-4-1-2-7-20(17)18/h1-11H,12-14H2,(H,23,24). The second kappa shape index (κ2) is 8.65. The molecule has 0 heterocycles. The van der Waals surface area contributed by atoms with Crippen molar-refractivity contribution < 1.29 is 14.4 Å². The summed E-state index contributed by atoms with van der Waals surface area (Å²) in [6.45, 7) is 0.516. The number of carbonyl (C=O) groups is 1. The van der Waals surface area contributed by atoms with Crippen LogP contribution in [0.1, 0.15) is 11.1 Å². The minimum absolute atomic E-state index is 0.209. The van der Waals surface area contributed by atoms with Gasteiger partial charge in [0.15, 0.2) is 0 Å². The van der Waals surface area contributed by atoms with Gasteiger partial charge in [-0.15, -0.1) is 0 Å². The van der Waals surface area contributed by atoms with E-state index in [-0.39, 0.29) is 18.9 Å². The first kappa shape index (κ1) is 17.5. The van der Waals surface area contributed by atoms with Crippen molar-refractivity contribution in [2.45, 2.75) is 6.42 Å². The number of hydrogen-bond acceptors (Lipinski definition) is 4. The van der Waals surface area contributed by atoms with Crippen molar-refractivity contribution in [3.05, 3.63) is 77.9 Å². The van der Waals surface area contributed by atoms with Crippen molar-refractivity contribution >= 4 is 16.7 Å². The molecule has 0 aliphatic rings. The summed E-state index contributed by atoms with van der Waals surface area (Å²) >= 11 is 0. The third-order valence-electron chi connectivity index (χ3n) is 3.85. The molecule has 3 aromatic carbocycles. The number of ether oxygens (including phenoxy) is 1. The number of carbonyl (C=O) groups excluding carboxylic acids is 1. The summed E-state index contributed by atoms with van der Waals surface area (Å²) < 4.78 is 5.48. The molecule has 0 aliphatic heterocycles. The predicted molar refractivity (Wildman–Crippen MR) is 98.4 cm³/mol. The van der Waals surface area contributed by atoms with E-state index in [2.05, 4.69) is 5.48 Å². The molecule has 3 aromatic rings. The topological polar surface area (TPSA) is 71.3 Å². The fourth-order valence-electron chi connectivity index (χ4n) is 2.61. The summed E-state index contributed by atoms with van der Waals surface area (Å²) in [5.74, 6) is 0.439. The highest BCUT2D eigenvalue weighted by Gasteiger charge is 2.06. The van der Waals surface area contributed by atoms with Crippen LogP contribution in [0.4, 0.5) is 0 Å². The van der Waals surface area contributed by atoms with Crippen LogP contribution in [0, 0.1) is 11.3 Å². The molecule has 0 radical (unpaired) electrons. The molecule has 0 saturated carbocycles. The van der Waals surface area contributed by atoms with Crippen LogP contribution in [0.25, 0.3) is 10.8 Å². The summed E-state index contributed by atoms with van der Waals surface area (Å²) in [6.07, 6.45) is 0.248. The fourth-order valence-corrected chi connectivity index (χ4v) is 2.61. The Bertz CT molecular complexity index is 925. The Kier molecular flexibility index (Phi) is 5.81. The number of rotatable bonds is 7. The highest BCUT2D eigenvalue weighted by atomic mass is 16.7. The van der Waals surface area contributed by atoms with E-state index in [9.17, 15) is 4.79 Å². The SMILES string of the molecule is N#Cc1ccc(OCCONC(=O)Cc2cccc3ccccc23)cc1. The molecular weight excluding hydrogens is 328 g/mol. The molecular formula is C21H18N2O3.